The summed E-state index contributed by atoms with van der Waals surface area (Å²) in [7, 11) is -8.31. The third kappa shape index (κ3) is 15.5. The molecule has 4 aromatic carbocycles. The number of rotatable bonds is 17. The fourth-order valence-electron chi connectivity index (χ4n) is 12.2. The van der Waals surface area contributed by atoms with Gasteiger partial charge in [0.1, 0.15) is 53.8 Å². The molecular formula is C61H78F2N12O7S3. The quantitative estimate of drug-likeness (QED) is 0.0866. The lowest BCUT2D eigenvalue weighted by Crippen LogP contribution is -2.45. The second kappa shape index (κ2) is 27.6. The van der Waals surface area contributed by atoms with Gasteiger partial charge < -0.3 is 19.4 Å². The zero-order chi connectivity index (χ0) is 59.7. The molecule has 0 amide bonds. The Kier molecular flexibility index (Phi) is 20.0. The van der Waals surface area contributed by atoms with Gasteiger partial charge in [-0.2, -0.15) is 4.31 Å². The molecule has 0 spiro atoms. The average Bonchev–Trinajstić information content (AvgIpc) is 3.82. The van der Waals surface area contributed by atoms with Crippen LogP contribution in [0.3, 0.4) is 0 Å². The SMILES string of the molecule is COc1ccc2ncnc(N3CCCC(CN(C(C)C)S(=O)(=O)c4ccccc4)C3)c2c1.O=S(=O)(NCC1CCCN(c2ncnc3ccc(F)cc23)C1)C1CC1.O=S(=O)(NCC1CCCN(c2ncnc3ccc(F)cc23)C1)C1CCCCC1. The zero-order valence-electron chi connectivity index (χ0n) is 48.6. The number of ether oxygens (including phenoxy) is 1. The van der Waals surface area contributed by atoms with Gasteiger partial charge in [-0.3, -0.25) is 0 Å². The van der Waals surface area contributed by atoms with Gasteiger partial charge in [-0.25, -0.2) is 73.4 Å². The summed E-state index contributed by atoms with van der Waals surface area (Å²) in [6, 6.07) is 23.4. The van der Waals surface area contributed by atoms with E-state index in [0.717, 1.165) is 144 Å². The van der Waals surface area contributed by atoms with Crippen LogP contribution in [0.2, 0.25) is 0 Å². The lowest BCUT2D eigenvalue weighted by atomic mass is 9.97. The van der Waals surface area contributed by atoms with E-state index in [9.17, 15) is 34.0 Å². The predicted molar refractivity (Wildman–Crippen MR) is 329 cm³/mol. The molecule has 5 aliphatic rings. The van der Waals surface area contributed by atoms with E-state index in [1.807, 2.05) is 38.1 Å². The van der Waals surface area contributed by atoms with Crippen molar-refractivity contribution in [3.8, 4) is 5.75 Å². The fourth-order valence-corrected chi connectivity index (χ4v) is 17.1. The molecular weight excluding hydrogens is 1150 g/mol. The molecule has 0 radical (unpaired) electrons. The molecule has 3 atom stereocenters. The van der Waals surface area contributed by atoms with Gasteiger partial charge in [-0.05, 0) is 163 Å². The van der Waals surface area contributed by atoms with E-state index in [1.54, 1.807) is 54.1 Å². The number of anilines is 3. The maximum atomic E-state index is 13.7. The highest BCUT2D eigenvalue weighted by Gasteiger charge is 2.37. The van der Waals surface area contributed by atoms with E-state index in [-0.39, 0.29) is 45.9 Å². The normalized spacial score (nSPS) is 20.1. The second-order valence-corrected chi connectivity index (χ2v) is 29.4. The number of fused-ring (bicyclic) bond motifs is 3. The fraction of sp³-hybridized carbons (Fsp3) is 0.508. The minimum Gasteiger partial charge on any atom is -0.497 e. The van der Waals surface area contributed by atoms with Crippen molar-refractivity contribution in [3.63, 3.8) is 0 Å². The third-order valence-electron chi connectivity index (χ3n) is 16.9. The van der Waals surface area contributed by atoms with Crippen molar-refractivity contribution < 1.29 is 38.8 Å². The van der Waals surface area contributed by atoms with Gasteiger partial charge in [-0.15, -0.1) is 0 Å². The van der Waals surface area contributed by atoms with Crippen LogP contribution in [0.4, 0.5) is 26.2 Å². The summed E-state index contributed by atoms with van der Waals surface area (Å²) in [5.41, 5.74) is 2.29. The first kappa shape index (κ1) is 61.8. The van der Waals surface area contributed by atoms with E-state index >= 15 is 0 Å². The van der Waals surface area contributed by atoms with Crippen LogP contribution in [0.5, 0.6) is 5.75 Å². The molecule has 7 aromatic rings. The van der Waals surface area contributed by atoms with Crippen LogP contribution in [0, 0.1) is 29.4 Å². The van der Waals surface area contributed by atoms with Crippen molar-refractivity contribution in [1.29, 1.82) is 0 Å². The number of hydrogen-bond donors (Lipinski definition) is 2. The first-order chi connectivity index (χ1) is 40.9. The lowest BCUT2D eigenvalue weighted by Gasteiger charge is -2.37. The molecule has 3 aromatic heterocycles. The number of methoxy groups -OCH3 is 1. The van der Waals surface area contributed by atoms with Crippen LogP contribution in [0.15, 0.2) is 109 Å². The van der Waals surface area contributed by atoms with Crippen LogP contribution in [-0.4, -0.2) is 142 Å². The molecule has 456 valence electrons. The summed E-state index contributed by atoms with van der Waals surface area (Å²) in [6.45, 7) is 9.95. The molecule has 2 N–H and O–H groups in total. The highest BCUT2D eigenvalue weighted by molar-refractivity contribution is 7.90. The maximum absolute atomic E-state index is 13.7. The molecule has 2 aliphatic carbocycles. The van der Waals surface area contributed by atoms with Gasteiger partial charge in [0.25, 0.3) is 0 Å². The smallest absolute Gasteiger partial charge is 0.243 e. The van der Waals surface area contributed by atoms with Crippen LogP contribution < -0.4 is 28.9 Å². The molecule has 3 saturated heterocycles. The van der Waals surface area contributed by atoms with Gasteiger partial charge >= 0.3 is 0 Å². The Hall–Kier alpha value is -6.31. The van der Waals surface area contributed by atoms with E-state index in [0.29, 0.717) is 59.4 Å². The monoisotopic (exact) mass is 1220 g/mol. The highest BCUT2D eigenvalue weighted by atomic mass is 32.2. The maximum Gasteiger partial charge on any atom is 0.243 e. The zero-order valence-corrected chi connectivity index (χ0v) is 51.1. The molecule has 85 heavy (non-hydrogen) atoms. The first-order valence-corrected chi connectivity index (χ1v) is 34.4. The van der Waals surface area contributed by atoms with Crippen molar-refractivity contribution in [2.75, 3.05) is 80.7 Å². The molecule has 24 heteroatoms. The Balaban J connectivity index is 0.000000143. The summed E-state index contributed by atoms with van der Waals surface area (Å²) < 4.78 is 116. The average molecular weight is 1230 g/mol. The van der Waals surface area contributed by atoms with Crippen LogP contribution >= 0.6 is 0 Å². The number of benzene rings is 4. The van der Waals surface area contributed by atoms with E-state index in [4.69, 9.17) is 4.74 Å². The Labute approximate surface area is 498 Å². The first-order valence-electron chi connectivity index (χ1n) is 29.8. The Morgan fingerprint density at radius 1 is 0.529 bits per heavy atom. The summed E-state index contributed by atoms with van der Waals surface area (Å²) in [5, 5.41) is 1.91. The van der Waals surface area contributed by atoms with Gasteiger partial charge in [0.15, 0.2) is 0 Å². The van der Waals surface area contributed by atoms with Gasteiger partial charge in [-0.1, -0.05) is 37.5 Å². The summed E-state index contributed by atoms with van der Waals surface area (Å²) in [4.78, 5) is 33.0. The van der Waals surface area contributed by atoms with E-state index in [1.165, 1.54) is 36.9 Å². The minimum absolute atomic E-state index is 0.125. The van der Waals surface area contributed by atoms with Gasteiger partial charge in [0, 0.05) is 81.1 Å². The van der Waals surface area contributed by atoms with Crippen LogP contribution in [-0.2, 0) is 30.1 Å². The third-order valence-corrected chi connectivity index (χ3v) is 22.8. The van der Waals surface area contributed by atoms with Crippen molar-refractivity contribution in [3.05, 3.63) is 116 Å². The summed E-state index contributed by atoms with van der Waals surface area (Å²) >= 11 is 0. The van der Waals surface area contributed by atoms with Gasteiger partial charge in [0.05, 0.1) is 39.1 Å². The number of aromatic nitrogens is 6. The number of sulfonamides is 3. The van der Waals surface area contributed by atoms with E-state index < -0.39 is 30.1 Å². The molecule has 3 aliphatic heterocycles. The predicted octanol–water partition coefficient (Wildman–Crippen LogP) is 9.26. The van der Waals surface area contributed by atoms with Gasteiger partial charge in [0.2, 0.25) is 30.1 Å². The molecule has 6 heterocycles. The number of hydrogen-bond acceptors (Lipinski definition) is 16. The molecule has 12 rings (SSSR count). The van der Waals surface area contributed by atoms with Crippen LogP contribution in [0.1, 0.15) is 97.3 Å². The Bertz CT molecular complexity index is 3750. The molecule has 0 bridgehead atoms. The van der Waals surface area contributed by atoms with Crippen molar-refractivity contribution in [1.82, 2.24) is 43.7 Å². The van der Waals surface area contributed by atoms with Crippen molar-refractivity contribution >= 4 is 80.2 Å². The number of nitrogens with one attached hydrogen (secondary N) is 2. The molecule has 5 fully saturated rings. The largest absolute Gasteiger partial charge is 0.497 e. The molecule has 3 unspecified atom stereocenters. The van der Waals surface area contributed by atoms with Crippen LogP contribution in [0.25, 0.3) is 32.7 Å². The molecule has 2 saturated carbocycles. The van der Waals surface area contributed by atoms with E-state index in [2.05, 4.69) is 54.0 Å². The topological polar surface area (TPSA) is 226 Å². The highest BCUT2D eigenvalue weighted by Crippen LogP contribution is 2.34. The molecule has 19 nitrogen and oxygen atoms in total. The Morgan fingerprint density at radius 3 is 1.42 bits per heavy atom. The summed E-state index contributed by atoms with van der Waals surface area (Å²) in [6.07, 6.45) is 16.6. The standard InChI is InChI=1S/C24H30N4O3S.C20H27FN4O2S.C17H21FN4O2S/c1-18(2)28(32(29,30)21-9-5-4-6-10-21)16-19-8-7-13-27(15-19)24-22-14-20(31-3)11-12-23(22)25-17-26-24;21-16-8-9-19-18(11-16)20(23-14-22-19)25-10-4-5-15(13-25)12-24-28(26,27)17-6-2-1-3-7-17;18-13-3-6-16-15(8-13)17(20-11-19-16)22-7-1-2-12(10-22)9-21-25(23,24)14-4-5-14/h4-6,9-12,14,17-19H,7-8,13,15-16H2,1-3H3;8-9,11,14-15,17,24H,1-7,10,12-13H2;3,6,8,11-12,14,21H,1-2,4-5,7,9-10H2. The minimum atomic E-state index is -3.55. The number of piperidine rings is 3. The second-order valence-electron chi connectivity index (χ2n) is 23.4. The lowest BCUT2D eigenvalue weighted by molar-refractivity contribution is 0.275. The summed E-state index contributed by atoms with van der Waals surface area (Å²) in [5.74, 6) is 3.12. The van der Waals surface area contributed by atoms with Crippen molar-refractivity contribution in [2.24, 2.45) is 17.8 Å². The van der Waals surface area contributed by atoms with Crippen molar-refractivity contribution in [2.45, 2.75) is 119 Å². The number of halogens is 2. The number of nitrogens with zero attached hydrogens (tertiary/aromatic N) is 10. The Morgan fingerprint density at radius 2 is 0.965 bits per heavy atom.